The summed E-state index contributed by atoms with van der Waals surface area (Å²) in [4.78, 5) is 20.1. The molecule has 0 aliphatic carbocycles. The summed E-state index contributed by atoms with van der Waals surface area (Å²) in [6.07, 6.45) is 0.943. The Kier molecular flexibility index (Phi) is 4.12. The number of fused-ring (bicyclic) bond motifs is 2. The predicted molar refractivity (Wildman–Crippen MR) is 98.7 cm³/mol. The highest BCUT2D eigenvalue weighted by Crippen LogP contribution is 2.25. The van der Waals surface area contributed by atoms with Crippen LogP contribution in [-0.4, -0.2) is 28.9 Å². The van der Waals surface area contributed by atoms with Gasteiger partial charge in [-0.2, -0.15) is 0 Å². The lowest BCUT2D eigenvalue weighted by Crippen LogP contribution is -2.38. The van der Waals surface area contributed by atoms with Crippen molar-refractivity contribution in [2.75, 3.05) is 18.4 Å². The molecule has 1 aliphatic rings. The van der Waals surface area contributed by atoms with Crippen LogP contribution in [0.1, 0.15) is 10.4 Å². The molecule has 0 fully saturated rings. The SMILES string of the molecule is O=C(CNc1cc2ccccc2c(Cl)n1)N1CCc2sccc2C1. The molecule has 3 heterocycles. The molecule has 1 N–H and O–H groups in total. The van der Waals surface area contributed by atoms with Gasteiger partial charge in [-0.3, -0.25) is 4.79 Å². The number of hydrogen-bond donors (Lipinski definition) is 1. The maximum absolute atomic E-state index is 12.5. The summed E-state index contributed by atoms with van der Waals surface area (Å²) < 4.78 is 0. The molecule has 2 aromatic heterocycles. The van der Waals surface area contributed by atoms with Crippen LogP contribution in [0.15, 0.2) is 41.8 Å². The van der Waals surface area contributed by atoms with Gasteiger partial charge < -0.3 is 10.2 Å². The number of pyridine rings is 1. The van der Waals surface area contributed by atoms with E-state index in [0.29, 0.717) is 17.5 Å². The maximum atomic E-state index is 12.5. The fraction of sp³-hybridized carbons (Fsp3) is 0.222. The average Bonchev–Trinajstić information content (AvgIpc) is 3.07. The monoisotopic (exact) mass is 357 g/mol. The normalized spacial score (nSPS) is 13.8. The summed E-state index contributed by atoms with van der Waals surface area (Å²) >= 11 is 8.00. The molecule has 6 heteroatoms. The Morgan fingerprint density at radius 2 is 2.21 bits per heavy atom. The molecule has 122 valence electrons. The molecule has 4 rings (SSSR count). The minimum atomic E-state index is 0.0814. The van der Waals surface area contributed by atoms with Crippen LogP contribution in [0, 0.1) is 0 Å². The smallest absolute Gasteiger partial charge is 0.242 e. The number of halogens is 1. The summed E-state index contributed by atoms with van der Waals surface area (Å²) in [7, 11) is 0. The van der Waals surface area contributed by atoms with E-state index >= 15 is 0 Å². The van der Waals surface area contributed by atoms with Crippen molar-refractivity contribution < 1.29 is 4.79 Å². The highest BCUT2D eigenvalue weighted by atomic mass is 35.5. The van der Waals surface area contributed by atoms with Crippen molar-refractivity contribution in [1.82, 2.24) is 9.88 Å². The first kappa shape index (κ1) is 15.4. The van der Waals surface area contributed by atoms with Gasteiger partial charge in [0.05, 0.1) is 6.54 Å². The first-order chi connectivity index (χ1) is 11.7. The number of nitrogens with one attached hydrogen (secondary N) is 1. The lowest BCUT2D eigenvalue weighted by Gasteiger charge is -2.27. The third kappa shape index (κ3) is 2.97. The van der Waals surface area contributed by atoms with Gasteiger partial charge in [0.2, 0.25) is 5.91 Å². The minimum Gasteiger partial charge on any atom is -0.361 e. The van der Waals surface area contributed by atoms with Crippen LogP contribution in [0.2, 0.25) is 5.15 Å². The zero-order valence-electron chi connectivity index (χ0n) is 13.0. The standard InChI is InChI=1S/C18H16ClN3OS/c19-18-14-4-2-1-3-12(14)9-16(21-18)20-10-17(23)22-7-5-15-13(11-22)6-8-24-15/h1-4,6,8-9H,5,7,10-11H2,(H,20,21). The molecule has 4 nitrogen and oxygen atoms in total. The van der Waals surface area contributed by atoms with E-state index < -0.39 is 0 Å². The van der Waals surface area contributed by atoms with Crippen molar-refractivity contribution in [3.05, 3.63) is 57.4 Å². The van der Waals surface area contributed by atoms with Crippen molar-refractivity contribution >= 4 is 45.4 Å². The number of nitrogens with zero attached hydrogens (tertiary/aromatic N) is 2. The number of aromatic nitrogens is 1. The van der Waals surface area contributed by atoms with E-state index in [1.54, 1.807) is 11.3 Å². The maximum Gasteiger partial charge on any atom is 0.242 e. The Bertz CT molecular complexity index is 908. The van der Waals surface area contributed by atoms with Crippen LogP contribution in [0.3, 0.4) is 0 Å². The summed E-state index contributed by atoms with van der Waals surface area (Å²) in [5, 5.41) is 7.57. The molecule has 0 saturated carbocycles. The largest absolute Gasteiger partial charge is 0.361 e. The average molecular weight is 358 g/mol. The highest BCUT2D eigenvalue weighted by Gasteiger charge is 2.21. The highest BCUT2D eigenvalue weighted by molar-refractivity contribution is 7.10. The second kappa shape index (κ2) is 6.42. The van der Waals surface area contributed by atoms with Gasteiger partial charge >= 0.3 is 0 Å². The van der Waals surface area contributed by atoms with E-state index in [9.17, 15) is 4.79 Å². The number of thiophene rings is 1. The van der Waals surface area contributed by atoms with E-state index in [2.05, 4.69) is 21.7 Å². The van der Waals surface area contributed by atoms with Gasteiger partial charge in [-0.1, -0.05) is 35.9 Å². The second-order valence-electron chi connectivity index (χ2n) is 5.81. The van der Waals surface area contributed by atoms with Gasteiger partial charge in [-0.05, 0) is 34.9 Å². The van der Waals surface area contributed by atoms with Crippen molar-refractivity contribution in [2.24, 2.45) is 0 Å². The Morgan fingerprint density at radius 3 is 3.12 bits per heavy atom. The third-order valence-corrected chi connectivity index (χ3v) is 5.59. The van der Waals surface area contributed by atoms with Gasteiger partial charge in [0, 0.05) is 23.4 Å². The van der Waals surface area contributed by atoms with Crippen LogP contribution in [-0.2, 0) is 17.8 Å². The first-order valence-electron chi connectivity index (χ1n) is 7.83. The lowest BCUT2D eigenvalue weighted by molar-refractivity contribution is -0.130. The van der Waals surface area contributed by atoms with E-state index in [-0.39, 0.29) is 12.5 Å². The van der Waals surface area contributed by atoms with Crippen LogP contribution in [0.4, 0.5) is 5.82 Å². The fourth-order valence-corrected chi connectivity index (χ4v) is 4.14. The molecular formula is C18H16ClN3OS. The summed E-state index contributed by atoms with van der Waals surface area (Å²) in [5.74, 6) is 0.707. The molecular weight excluding hydrogens is 342 g/mol. The number of anilines is 1. The summed E-state index contributed by atoms with van der Waals surface area (Å²) in [6, 6.07) is 11.8. The van der Waals surface area contributed by atoms with Crippen LogP contribution in [0.5, 0.6) is 0 Å². The van der Waals surface area contributed by atoms with Gasteiger partial charge in [0.15, 0.2) is 0 Å². The molecule has 0 bridgehead atoms. The Balaban J connectivity index is 1.44. The van der Waals surface area contributed by atoms with Gasteiger partial charge in [0.25, 0.3) is 0 Å². The summed E-state index contributed by atoms with van der Waals surface area (Å²) in [6.45, 7) is 1.70. The van der Waals surface area contributed by atoms with Crippen LogP contribution < -0.4 is 5.32 Å². The molecule has 24 heavy (non-hydrogen) atoms. The molecule has 1 amide bonds. The lowest BCUT2D eigenvalue weighted by atomic mass is 10.1. The zero-order chi connectivity index (χ0) is 16.5. The molecule has 1 aliphatic heterocycles. The van der Waals surface area contributed by atoms with Crippen molar-refractivity contribution in [3.8, 4) is 0 Å². The molecule has 0 unspecified atom stereocenters. The Labute approximate surface area is 149 Å². The van der Waals surface area contributed by atoms with Crippen LogP contribution >= 0.6 is 22.9 Å². The van der Waals surface area contributed by atoms with Crippen molar-refractivity contribution in [1.29, 1.82) is 0 Å². The molecule has 0 radical (unpaired) electrons. The number of hydrogen-bond acceptors (Lipinski definition) is 4. The van der Waals surface area contributed by atoms with E-state index in [0.717, 1.165) is 23.7 Å². The van der Waals surface area contributed by atoms with Gasteiger partial charge in [-0.15, -0.1) is 11.3 Å². The predicted octanol–water partition coefficient (Wildman–Crippen LogP) is 3.95. The zero-order valence-corrected chi connectivity index (χ0v) is 14.5. The number of benzene rings is 1. The number of amides is 1. The fourth-order valence-electron chi connectivity index (χ4n) is 2.99. The Hall–Kier alpha value is -2.11. The van der Waals surface area contributed by atoms with E-state index in [4.69, 9.17) is 11.6 Å². The molecule has 1 aromatic carbocycles. The first-order valence-corrected chi connectivity index (χ1v) is 9.08. The molecule has 0 atom stereocenters. The summed E-state index contributed by atoms with van der Waals surface area (Å²) in [5.41, 5.74) is 1.27. The topological polar surface area (TPSA) is 45.2 Å². The van der Waals surface area contributed by atoms with Crippen molar-refractivity contribution in [3.63, 3.8) is 0 Å². The van der Waals surface area contributed by atoms with Gasteiger partial charge in [-0.25, -0.2) is 4.98 Å². The third-order valence-electron chi connectivity index (χ3n) is 4.27. The second-order valence-corrected chi connectivity index (χ2v) is 7.17. The quantitative estimate of drug-likeness (QED) is 0.722. The Morgan fingerprint density at radius 1 is 1.33 bits per heavy atom. The van der Waals surface area contributed by atoms with E-state index in [1.807, 2.05) is 35.2 Å². The number of carbonyl (C=O) groups is 1. The van der Waals surface area contributed by atoms with E-state index in [1.165, 1.54) is 10.4 Å². The number of rotatable bonds is 3. The molecule has 3 aromatic rings. The van der Waals surface area contributed by atoms with Gasteiger partial charge in [0.1, 0.15) is 11.0 Å². The molecule has 0 spiro atoms. The van der Waals surface area contributed by atoms with Crippen molar-refractivity contribution in [2.45, 2.75) is 13.0 Å². The number of carbonyl (C=O) groups excluding carboxylic acids is 1. The molecule has 0 saturated heterocycles. The minimum absolute atomic E-state index is 0.0814. The van der Waals surface area contributed by atoms with Crippen LogP contribution in [0.25, 0.3) is 10.8 Å².